The molecule has 0 saturated heterocycles. The first-order chi connectivity index (χ1) is 22.5. The molecule has 0 saturated carbocycles. The summed E-state index contributed by atoms with van der Waals surface area (Å²) in [7, 11) is 0. The molecule has 0 N–H and O–H groups in total. The lowest BCUT2D eigenvalue weighted by Gasteiger charge is -2.24. The number of hydrogen-bond acceptors (Lipinski definition) is 0. The van der Waals surface area contributed by atoms with Crippen LogP contribution in [0.4, 0.5) is 0 Å². The second kappa shape index (κ2) is 11.2. The number of rotatable bonds is 4. The standard InChI is InChI=1S/C46H36/c1-46(2,3)35-28-29-42-43(30-35)45(39-20-10-9-19-38(39)31-14-5-4-6-15-31)41-22-12-11-21-40(41)44(42)34-26-24-33(25-27-34)37-23-13-17-32-16-7-8-18-36(32)37/h4-30H,1-3H3. The van der Waals surface area contributed by atoms with Gasteiger partial charge in [0, 0.05) is 0 Å². The molecule has 0 nitrogen and oxygen atoms in total. The highest BCUT2D eigenvalue weighted by atomic mass is 14.2. The van der Waals surface area contributed by atoms with Crippen LogP contribution in [0, 0.1) is 0 Å². The summed E-state index contributed by atoms with van der Waals surface area (Å²) < 4.78 is 0. The summed E-state index contributed by atoms with van der Waals surface area (Å²) in [6, 6.07) is 60.2. The maximum Gasteiger partial charge on any atom is -0.00200 e. The third-order valence-corrected chi connectivity index (χ3v) is 9.45. The third-order valence-electron chi connectivity index (χ3n) is 9.45. The molecule has 8 aromatic rings. The predicted octanol–water partition coefficient (Wildman–Crippen LogP) is 13.1. The maximum absolute atomic E-state index is 2.45. The van der Waals surface area contributed by atoms with Gasteiger partial charge in [-0.15, -0.1) is 0 Å². The molecule has 0 aliphatic rings. The van der Waals surface area contributed by atoms with Crippen molar-refractivity contribution in [2.24, 2.45) is 0 Å². The largest absolute Gasteiger partial charge is 0.0622 e. The Kier molecular flexibility index (Phi) is 6.80. The zero-order valence-electron chi connectivity index (χ0n) is 26.6. The van der Waals surface area contributed by atoms with Crippen molar-refractivity contribution in [3.63, 3.8) is 0 Å². The van der Waals surface area contributed by atoms with Gasteiger partial charge in [0.2, 0.25) is 0 Å². The fourth-order valence-corrected chi connectivity index (χ4v) is 7.11. The van der Waals surface area contributed by atoms with Crippen LogP contribution in [0.15, 0.2) is 164 Å². The molecule has 0 atom stereocenters. The molecule has 0 unspecified atom stereocenters. The van der Waals surface area contributed by atoms with Crippen molar-refractivity contribution in [1.82, 2.24) is 0 Å². The van der Waals surface area contributed by atoms with E-state index in [1.165, 1.54) is 82.4 Å². The summed E-state index contributed by atoms with van der Waals surface area (Å²) in [6.45, 7) is 6.92. The van der Waals surface area contributed by atoms with E-state index in [1.807, 2.05) is 0 Å². The lowest BCUT2D eigenvalue weighted by molar-refractivity contribution is 0.591. The van der Waals surface area contributed by atoms with Gasteiger partial charge in [-0.1, -0.05) is 178 Å². The fraction of sp³-hybridized carbons (Fsp3) is 0.0870. The van der Waals surface area contributed by atoms with Gasteiger partial charge in [0.1, 0.15) is 0 Å². The third kappa shape index (κ3) is 4.78. The summed E-state index contributed by atoms with van der Waals surface area (Å²) in [5.74, 6) is 0. The molecule has 8 aromatic carbocycles. The summed E-state index contributed by atoms with van der Waals surface area (Å²) >= 11 is 0. The van der Waals surface area contributed by atoms with Crippen molar-refractivity contribution >= 4 is 32.3 Å². The highest BCUT2D eigenvalue weighted by Gasteiger charge is 2.21. The highest BCUT2D eigenvalue weighted by molar-refractivity contribution is 6.22. The lowest BCUT2D eigenvalue weighted by atomic mass is 9.80. The Morgan fingerprint density at radius 2 is 0.848 bits per heavy atom. The molecule has 8 rings (SSSR count). The summed E-state index contributed by atoms with van der Waals surface area (Å²) in [6.07, 6.45) is 0. The van der Waals surface area contributed by atoms with Crippen LogP contribution < -0.4 is 0 Å². The van der Waals surface area contributed by atoms with Gasteiger partial charge < -0.3 is 0 Å². The van der Waals surface area contributed by atoms with E-state index in [9.17, 15) is 0 Å². The number of benzene rings is 8. The first-order valence-electron chi connectivity index (χ1n) is 16.2. The van der Waals surface area contributed by atoms with Crippen LogP contribution in [0.1, 0.15) is 26.3 Å². The SMILES string of the molecule is CC(C)(C)c1ccc2c(-c3ccc(-c4cccc5ccccc45)cc3)c3ccccc3c(-c3ccccc3-c3ccccc3)c2c1. The van der Waals surface area contributed by atoms with Gasteiger partial charge >= 0.3 is 0 Å². The van der Waals surface area contributed by atoms with Crippen molar-refractivity contribution in [3.8, 4) is 44.5 Å². The maximum atomic E-state index is 2.45. The van der Waals surface area contributed by atoms with Crippen molar-refractivity contribution in [1.29, 1.82) is 0 Å². The topological polar surface area (TPSA) is 0 Å². The van der Waals surface area contributed by atoms with Gasteiger partial charge in [-0.2, -0.15) is 0 Å². The van der Waals surface area contributed by atoms with E-state index in [0.29, 0.717) is 0 Å². The summed E-state index contributed by atoms with van der Waals surface area (Å²) in [4.78, 5) is 0. The monoisotopic (exact) mass is 588 g/mol. The van der Waals surface area contributed by atoms with Gasteiger partial charge in [0.15, 0.2) is 0 Å². The van der Waals surface area contributed by atoms with E-state index in [4.69, 9.17) is 0 Å². The summed E-state index contributed by atoms with van der Waals surface area (Å²) in [5, 5.41) is 7.67. The molecule has 0 amide bonds. The molecule has 0 bridgehead atoms. The van der Waals surface area contributed by atoms with Crippen molar-refractivity contribution < 1.29 is 0 Å². The van der Waals surface area contributed by atoms with Gasteiger partial charge in [-0.05, 0) is 93.9 Å². The predicted molar refractivity (Wildman–Crippen MR) is 199 cm³/mol. The van der Waals surface area contributed by atoms with Gasteiger partial charge in [0.05, 0.1) is 0 Å². The zero-order valence-corrected chi connectivity index (χ0v) is 26.6. The second-order valence-electron chi connectivity index (χ2n) is 13.3. The highest BCUT2D eigenvalue weighted by Crippen LogP contribution is 2.47. The van der Waals surface area contributed by atoms with E-state index in [2.05, 4.69) is 185 Å². The molecule has 0 heteroatoms. The van der Waals surface area contributed by atoms with Crippen LogP contribution >= 0.6 is 0 Å². The zero-order chi connectivity index (χ0) is 31.3. The second-order valence-corrected chi connectivity index (χ2v) is 13.3. The molecule has 0 fully saturated rings. The Balaban J connectivity index is 1.41. The van der Waals surface area contributed by atoms with Gasteiger partial charge in [-0.3, -0.25) is 0 Å². The molecule has 0 aliphatic heterocycles. The Bertz CT molecular complexity index is 2360. The molecule has 0 aromatic heterocycles. The molecule has 0 radical (unpaired) electrons. The van der Waals surface area contributed by atoms with Crippen LogP contribution in [0.2, 0.25) is 0 Å². The van der Waals surface area contributed by atoms with Gasteiger partial charge in [0.25, 0.3) is 0 Å². The smallest absolute Gasteiger partial charge is 0.00200 e. The molecular formula is C46H36. The number of hydrogen-bond donors (Lipinski definition) is 0. The van der Waals surface area contributed by atoms with Crippen molar-refractivity contribution in [2.45, 2.75) is 26.2 Å². The average Bonchev–Trinajstić information content (AvgIpc) is 3.10. The van der Waals surface area contributed by atoms with Crippen molar-refractivity contribution in [2.75, 3.05) is 0 Å². The fourth-order valence-electron chi connectivity index (χ4n) is 7.11. The van der Waals surface area contributed by atoms with E-state index in [-0.39, 0.29) is 5.41 Å². The normalized spacial score (nSPS) is 11.8. The Morgan fingerprint density at radius 1 is 0.326 bits per heavy atom. The molecule has 0 heterocycles. The minimum absolute atomic E-state index is 0.0241. The van der Waals surface area contributed by atoms with Crippen LogP contribution in [0.5, 0.6) is 0 Å². The Labute approximate surface area is 271 Å². The summed E-state index contributed by atoms with van der Waals surface area (Å²) in [5.41, 5.74) is 11.4. The van der Waals surface area contributed by atoms with Crippen molar-refractivity contribution in [3.05, 3.63) is 169 Å². The minimum atomic E-state index is 0.0241. The Morgan fingerprint density at radius 3 is 1.59 bits per heavy atom. The molecule has 0 aliphatic carbocycles. The first kappa shape index (κ1) is 28.0. The molecule has 0 spiro atoms. The van der Waals surface area contributed by atoms with Crippen LogP contribution in [0.3, 0.4) is 0 Å². The van der Waals surface area contributed by atoms with Crippen LogP contribution in [-0.4, -0.2) is 0 Å². The van der Waals surface area contributed by atoms with E-state index < -0.39 is 0 Å². The molecule has 46 heavy (non-hydrogen) atoms. The number of fused-ring (bicyclic) bond motifs is 3. The Hall–Kier alpha value is -5.46. The van der Waals surface area contributed by atoms with E-state index in [0.717, 1.165) is 0 Å². The molecular weight excluding hydrogens is 553 g/mol. The van der Waals surface area contributed by atoms with E-state index >= 15 is 0 Å². The quantitative estimate of drug-likeness (QED) is 0.179. The first-order valence-corrected chi connectivity index (χ1v) is 16.2. The van der Waals surface area contributed by atoms with E-state index in [1.54, 1.807) is 0 Å². The lowest BCUT2D eigenvalue weighted by Crippen LogP contribution is -2.10. The average molecular weight is 589 g/mol. The van der Waals surface area contributed by atoms with Crippen LogP contribution in [0.25, 0.3) is 76.8 Å². The molecule has 220 valence electrons. The van der Waals surface area contributed by atoms with Gasteiger partial charge in [-0.25, -0.2) is 0 Å². The minimum Gasteiger partial charge on any atom is -0.0622 e. The van der Waals surface area contributed by atoms with Crippen LogP contribution in [-0.2, 0) is 5.41 Å².